The number of hydrogen-bond donors (Lipinski definition) is 1. The molecule has 170 valence electrons. The van der Waals surface area contributed by atoms with Gasteiger partial charge in [-0.1, -0.05) is 6.92 Å². The van der Waals surface area contributed by atoms with Gasteiger partial charge in [-0.3, -0.25) is 4.79 Å². The number of carboxylic acids is 1. The Bertz CT molecular complexity index is 764. The molecular weight excluding hydrogens is 405 g/mol. The van der Waals surface area contributed by atoms with E-state index in [1.165, 1.54) is 0 Å². The molecule has 10 heteroatoms. The number of hydrogen-bond acceptors (Lipinski definition) is 5. The molecule has 2 fully saturated rings. The van der Waals surface area contributed by atoms with Gasteiger partial charge >= 0.3 is 12.1 Å². The Morgan fingerprint density at radius 2 is 1.97 bits per heavy atom. The minimum Gasteiger partial charge on any atom is -0.475 e. The number of carbonyl (C=O) groups excluding carboxylic acids is 1. The van der Waals surface area contributed by atoms with Crippen LogP contribution in [0, 0.1) is 25.2 Å². The van der Waals surface area contributed by atoms with Crippen molar-refractivity contribution in [3.8, 4) is 0 Å². The third-order valence-corrected chi connectivity index (χ3v) is 5.88. The summed E-state index contributed by atoms with van der Waals surface area (Å²) in [6.45, 7) is 11.6. The molecule has 3 rings (SSSR count). The van der Waals surface area contributed by atoms with Crippen LogP contribution in [0.3, 0.4) is 0 Å². The first-order valence-electron chi connectivity index (χ1n) is 9.81. The fourth-order valence-electron chi connectivity index (χ4n) is 4.36. The lowest BCUT2D eigenvalue weighted by Gasteiger charge is -2.30. The van der Waals surface area contributed by atoms with E-state index in [2.05, 4.69) is 11.8 Å². The molecule has 2 saturated heterocycles. The number of carboxylic acid groups (broad SMARTS) is 1. The molecule has 0 aromatic carbocycles. The topological polar surface area (TPSA) is 83.2 Å². The van der Waals surface area contributed by atoms with Gasteiger partial charge in [-0.2, -0.15) is 13.2 Å². The highest BCUT2D eigenvalue weighted by Crippen LogP contribution is 2.44. The highest BCUT2D eigenvalue weighted by Gasteiger charge is 2.51. The van der Waals surface area contributed by atoms with E-state index in [4.69, 9.17) is 19.1 Å². The first-order valence-corrected chi connectivity index (χ1v) is 9.81. The average Bonchev–Trinajstić information content (AvgIpc) is 3.33. The molecule has 7 nitrogen and oxygen atoms in total. The van der Waals surface area contributed by atoms with Crippen LogP contribution in [0.2, 0.25) is 0 Å². The third kappa shape index (κ3) is 5.34. The number of carbonyl (C=O) groups is 2. The smallest absolute Gasteiger partial charge is 0.475 e. The number of alkyl halides is 3. The molecule has 0 aliphatic carbocycles. The maximum absolute atomic E-state index is 12.9. The standard InChI is InChI=1S/C18H28N2O3.C2HF3O2/c1-5-19-9-15(10-22-4)18(11-19)6-7-20(12-18)17(21)16-8-13(2)23-14(16)3;3-2(4,5)1(6)7/h8,15H,5-7,9-12H2,1-4H3;(H,6,7)/t15-,18+;/m0./s1. The molecule has 0 bridgehead atoms. The molecule has 2 atom stereocenters. The Kier molecular flexibility index (Phi) is 7.57. The van der Waals surface area contributed by atoms with E-state index in [9.17, 15) is 18.0 Å². The Morgan fingerprint density at radius 3 is 2.43 bits per heavy atom. The zero-order valence-corrected chi connectivity index (χ0v) is 17.7. The summed E-state index contributed by atoms with van der Waals surface area (Å²) >= 11 is 0. The van der Waals surface area contributed by atoms with Crippen molar-refractivity contribution < 1.29 is 37.0 Å². The molecule has 1 spiro atoms. The SMILES string of the molecule is CCN1C[C@@H](COC)[C@]2(CCN(C(=O)c3cc(C)oc3C)C2)C1.O=C(O)C(F)(F)F. The zero-order valence-electron chi connectivity index (χ0n) is 17.7. The highest BCUT2D eigenvalue weighted by molar-refractivity contribution is 5.95. The highest BCUT2D eigenvalue weighted by atomic mass is 19.4. The normalized spacial score (nSPS) is 24.2. The fraction of sp³-hybridized carbons (Fsp3) is 0.700. The van der Waals surface area contributed by atoms with Gasteiger partial charge in [0.2, 0.25) is 0 Å². The second-order valence-corrected chi connectivity index (χ2v) is 7.95. The van der Waals surface area contributed by atoms with Crippen molar-refractivity contribution in [2.45, 2.75) is 33.4 Å². The Hall–Kier alpha value is -2.07. The van der Waals surface area contributed by atoms with Crippen LogP contribution < -0.4 is 0 Å². The largest absolute Gasteiger partial charge is 0.490 e. The summed E-state index contributed by atoms with van der Waals surface area (Å²) < 4.78 is 42.7. The summed E-state index contributed by atoms with van der Waals surface area (Å²) in [5, 5.41) is 7.12. The van der Waals surface area contributed by atoms with Crippen molar-refractivity contribution >= 4 is 11.9 Å². The van der Waals surface area contributed by atoms with Crippen LogP contribution in [0.5, 0.6) is 0 Å². The van der Waals surface area contributed by atoms with Crippen LogP contribution in [0.15, 0.2) is 10.5 Å². The molecular formula is C20H29F3N2O5. The van der Waals surface area contributed by atoms with Gasteiger partial charge < -0.3 is 24.1 Å². The number of aryl methyl sites for hydroxylation is 2. The van der Waals surface area contributed by atoms with Gasteiger partial charge in [0.1, 0.15) is 11.5 Å². The van der Waals surface area contributed by atoms with Crippen molar-refractivity contribution in [2.75, 3.05) is 46.4 Å². The second-order valence-electron chi connectivity index (χ2n) is 7.95. The first kappa shape index (κ1) is 24.2. The Labute approximate surface area is 173 Å². The number of furan rings is 1. The van der Waals surface area contributed by atoms with E-state index >= 15 is 0 Å². The van der Waals surface area contributed by atoms with Crippen LogP contribution in [0.4, 0.5) is 13.2 Å². The van der Waals surface area contributed by atoms with Gasteiger partial charge in [-0.25, -0.2) is 4.79 Å². The predicted molar refractivity (Wildman–Crippen MR) is 102 cm³/mol. The van der Waals surface area contributed by atoms with Gasteiger partial charge in [0.15, 0.2) is 0 Å². The number of ether oxygens (including phenoxy) is 1. The predicted octanol–water partition coefficient (Wildman–Crippen LogP) is 2.96. The van der Waals surface area contributed by atoms with Gasteiger partial charge in [-0.05, 0) is 32.9 Å². The molecule has 30 heavy (non-hydrogen) atoms. The maximum atomic E-state index is 12.9. The molecule has 0 saturated carbocycles. The average molecular weight is 434 g/mol. The number of likely N-dealkylation sites (tertiary alicyclic amines) is 2. The van der Waals surface area contributed by atoms with E-state index < -0.39 is 12.1 Å². The van der Waals surface area contributed by atoms with Gasteiger partial charge in [0, 0.05) is 44.6 Å². The number of methoxy groups -OCH3 is 1. The monoisotopic (exact) mass is 434 g/mol. The van der Waals surface area contributed by atoms with Crippen LogP contribution >= 0.6 is 0 Å². The van der Waals surface area contributed by atoms with Crippen molar-refractivity contribution in [2.24, 2.45) is 11.3 Å². The Balaban J connectivity index is 0.000000396. The molecule has 1 amide bonds. The lowest BCUT2D eigenvalue weighted by atomic mass is 9.77. The van der Waals surface area contributed by atoms with Crippen molar-refractivity contribution in [1.29, 1.82) is 0 Å². The minimum atomic E-state index is -5.08. The van der Waals surface area contributed by atoms with E-state index in [1.807, 2.05) is 24.8 Å². The molecule has 1 aromatic heterocycles. The molecule has 0 radical (unpaired) electrons. The van der Waals surface area contributed by atoms with Crippen LogP contribution in [0.25, 0.3) is 0 Å². The number of amides is 1. The van der Waals surface area contributed by atoms with Crippen molar-refractivity contribution in [3.05, 3.63) is 23.2 Å². The number of nitrogens with zero attached hydrogens (tertiary/aromatic N) is 2. The lowest BCUT2D eigenvalue weighted by molar-refractivity contribution is -0.192. The van der Waals surface area contributed by atoms with Crippen molar-refractivity contribution in [3.63, 3.8) is 0 Å². The van der Waals surface area contributed by atoms with E-state index in [0.717, 1.165) is 57.3 Å². The van der Waals surface area contributed by atoms with E-state index in [-0.39, 0.29) is 11.3 Å². The van der Waals surface area contributed by atoms with Gasteiger partial charge in [0.05, 0.1) is 12.2 Å². The minimum absolute atomic E-state index is 0.113. The zero-order chi connectivity index (χ0) is 22.7. The van der Waals surface area contributed by atoms with E-state index in [1.54, 1.807) is 7.11 Å². The summed E-state index contributed by atoms with van der Waals surface area (Å²) in [6, 6.07) is 1.86. The summed E-state index contributed by atoms with van der Waals surface area (Å²) in [5.41, 5.74) is 0.905. The summed E-state index contributed by atoms with van der Waals surface area (Å²) in [4.78, 5) is 26.3. The molecule has 2 aliphatic heterocycles. The summed E-state index contributed by atoms with van der Waals surface area (Å²) in [7, 11) is 1.78. The summed E-state index contributed by atoms with van der Waals surface area (Å²) in [6.07, 6.45) is -4.01. The van der Waals surface area contributed by atoms with Crippen LogP contribution in [-0.2, 0) is 9.53 Å². The van der Waals surface area contributed by atoms with E-state index in [0.29, 0.717) is 11.5 Å². The molecule has 1 N–H and O–H groups in total. The Morgan fingerprint density at radius 1 is 1.33 bits per heavy atom. The lowest BCUT2D eigenvalue weighted by Crippen LogP contribution is -2.38. The first-order chi connectivity index (χ1) is 13.9. The quantitative estimate of drug-likeness (QED) is 0.785. The second kappa shape index (κ2) is 9.38. The van der Waals surface area contributed by atoms with Gasteiger partial charge in [0.25, 0.3) is 5.91 Å². The molecule has 3 heterocycles. The van der Waals surface area contributed by atoms with Crippen molar-refractivity contribution in [1.82, 2.24) is 9.80 Å². The number of rotatable bonds is 4. The third-order valence-electron chi connectivity index (χ3n) is 5.88. The van der Waals surface area contributed by atoms with Crippen LogP contribution in [0.1, 0.15) is 35.2 Å². The molecule has 2 aliphatic rings. The number of aliphatic carboxylic acids is 1. The maximum Gasteiger partial charge on any atom is 0.490 e. The van der Waals surface area contributed by atoms with Crippen LogP contribution in [-0.4, -0.2) is 79.4 Å². The fourth-order valence-corrected chi connectivity index (χ4v) is 4.36. The molecule has 1 aromatic rings. The summed E-state index contributed by atoms with van der Waals surface area (Å²) in [5.74, 6) is -0.606. The van der Waals surface area contributed by atoms with Gasteiger partial charge in [-0.15, -0.1) is 0 Å². The number of halogens is 3. The molecule has 0 unspecified atom stereocenters.